The summed E-state index contributed by atoms with van der Waals surface area (Å²) in [5.41, 5.74) is 0. The van der Waals surface area contributed by atoms with Gasteiger partial charge in [0.15, 0.2) is 0 Å². The minimum Gasteiger partial charge on any atom is -0.386 e. The van der Waals surface area contributed by atoms with E-state index in [4.69, 9.17) is 0 Å². The molecule has 0 aromatic carbocycles. The lowest BCUT2D eigenvalue weighted by molar-refractivity contribution is -0.121. The molecule has 2 N–H and O–H groups in total. The molecule has 0 spiro atoms. The highest BCUT2D eigenvalue weighted by Gasteiger charge is 2.09. The third kappa shape index (κ3) is 4.44. The number of carbonyl (C=O) groups is 1. The Morgan fingerprint density at radius 2 is 2.47 bits per heavy atom. The Kier molecular flexibility index (Phi) is 5.36. The fourth-order valence-electron chi connectivity index (χ4n) is 1.22. The van der Waals surface area contributed by atoms with Crippen molar-refractivity contribution in [1.82, 2.24) is 5.32 Å². The van der Waals surface area contributed by atoms with Gasteiger partial charge in [-0.2, -0.15) is 0 Å². The highest BCUT2D eigenvalue weighted by Crippen LogP contribution is 2.17. The van der Waals surface area contributed by atoms with Crippen LogP contribution in [0.15, 0.2) is 17.5 Å². The maximum Gasteiger partial charge on any atom is 0.220 e. The van der Waals surface area contributed by atoms with E-state index in [0.717, 1.165) is 17.7 Å². The molecule has 0 saturated heterocycles. The minimum absolute atomic E-state index is 0.0208. The molecule has 1 aromatic rings. The minimum atomic E-state index is -0.574. The lowest BCUT2D eigenvalue weighted by atomic mass is 10.2. The molecule has 0 aliphatic carbocycles. The summed E-state index contributed by atoms with van der Waals surface area (Å²) in [5.74, 6) is 0.0208. The third-order valence-corrected chi connectivity index (χ3v) is 3.10. The van der Waals surface area contributed by atoms with Crippen LogP contribution in [-0.4, -0.2) is 17.6 Å². The van der Waals surface area contributed by atoms with E-state index in [1.165, 1.54) is 11.3 Å². The van der Waals surface area contributed by atoms with Crippen molar-refractivity contribution < 1.29 is 9.90 Å². The fraction of sp³-hybridized carbons (Fsp3) is 0.545. The van der Waals surface area contributed by atoms with Crippen LogP contribution in [0.4, 0.5) is 0 Å². The lowest BCUT2D eigenvalue weighted by Crippen LogP contribution is -2.27. The van der Waals surface area contributed by atoms with Gasteiger partial charge in [-0.3, -0.25) is 4.79 Å². The highest BCUT2D eigenvalue weighted by atomic mass is 32.1. The molecule has 0 aliphatic rings. The molecule has 15 heavy (non-hydrogen) atoms. The second kappa shape index (κ2) is 6.58. The van der Waals surface area contributed by atoms with Crippen molar-refractivity contribution in [3.63, 3.8) is 0 Å². The Balaban J connectivity index is 2.22. The molecule has 1 heterocycles. The summed E-state index contributed by atoms with van der Waals surface area (Å²) in [6.45, 7) is 2.36. The van der Waals surface area contributed by atoms with Gasteiger partial charge in [0.25, 0.3) is 0 Å². The molecule has 0 saturated carbocycles. The van der Waals surface area contributed by atoms with Gasteiger partial charge in [0.05, 0.1) is 0 Å². The van der Waals surface area contributed by atoms with Crippen LogP contribution < -0.4 is 5.32 Å². The Morgan fingerprint density at radius 3 is 3.07 bits per heavy atom. The van der Waals surface area contributed by atoms with Crippen LogP contribution in [0, 0.1) is 0 Å². The molecular formula is C11H17NO2S. The van der Waals surface area contributed by atoms with E-state index >= 15 is 0 Å². The number of amides is 1. The van der Waals surface area contributed by atoms with Crippen LogP contribution in [-0.2, 0) is 4.79 Å². The molecule has 1 aromatic heterocycles. The Bertz CT molecular complexity index is 285. The summed E-state index contributed by atoms with van der Waals surface area (Å²) in [6.07, 6.45) is 1.89. The van der Waals surface area contributed by atoms with Crippen LogP contribution in [0.2, 0.25) is 0 Å². The summed E-state index contributed by atoms with van der Waals surface area (Å²) in [4.78, 5) is 12.2. The van der Waals surface area contributed by atoms with Gasteiger partial charge in [-0.25, -0.2) is 0 Å². The lowest BCUT2D eigenvalue weighted by Gasteiger charge is -2.09. The van der Waals surface area contributed by atoms with Crippen molar-refractivity contribution in [3.8, 4) is 0 Å². The van der Waals surface area contributed by atoms with Crippen LogP contribution in [0.5, 0.6) is 0 Å². The van der Waals surface area contributed by atoms with Crippen LogP contribution >= 0.6 is 11.3 Å². The first-order valence-corrected chi connectivity index (χ1v) is 6.10. The normalized spacial score (nSPS) is 12.4. The molecule has 1 rings (SSSR count). The number of hydrogen-bond acceptors (Lipinski definition) is 3. The van der Waals surface area contributed by atoms with Gasteiger partial charge < -0.3 is 10.4 Å². The van der Waals surface area contributed by atoms with Gasteiger partial charge in [0, 0.05) is 17.8 Å². The van der Waals surface area contributed by atoms with Crippen LogP contribution in [0.25, 0.3) is 0 Å². The first-order valence-electron chi connectivity index (χ1n) is 5.22. The monoisotopic (exact) mass is 227 g/mol. The number of unbranched alkanes of at least 4 members (excludes halogenated alkanes) is 1. The smallest absolute Gasteiger partial charge is 0.220 e. The number of thiophene rings is 1. The molecule has 1 unspecified atom stereocenters. The first kappa shape index (κ1) is 12.2. The van der Waals surface area contributed by atoms with E-state index in [0.29, 0.717) is 13.0 Å². The zero-order valence-electron chi connectivity index (χ0n) is 8.90. The van der Waals surface area contributed by atoms with Crippen LogP contribution in [0.3, 0.4) is 0 Å². The number of aliphatic hydroxyl groups excluding tert-OH is 1. The molecule has 3 nitrogen and oxygen atoms in total. The van der Waals surface area contributed by atoms with Crippen molar-refractivity contribution in [3.05, 3.63) is 22.4 Å². The SMILES string of the molecule is CCCCC(=O)NCC(O)c1cccs1. The summed E-state index contributed by atoms with van der Waals surface area (Å²) in [5, 5.41) is 14.3. The number of aliphatic hydroxyl groups is 1. The van der Waals surface area contributed by atoms with Crippen molar-refractivity contribution in [2.75, 3.05) is 6.54 Å². The van der Waals surface area contributed by atoms with Crippen molar-refractivity contribution in [2.24, 2.45) is 0 Å². The summed E-state index contributed by atoms with van der Waals surface area (Å²) in [7, 11) is 0. The van der Waals surface area contributed by atoms with Gasteiger partial charge in [-0.15, -0.1) is 11.3 Å². The van der Waals surface area contributed by atoms with E-state index in [1.807, 2.05) is 24.4 Å². The van der Waals surface area contributed by atoms with Crippen LogP contribution in [0.1, 0.15) is 37.2 Å². The van der Waals surface area contributed by atoms with E-state index in [-0.39, 0.29) is 5.91 Å². The Labute approximate surface area is 94.1 Å². The molecule has 0 fully saturated rings. The van der Waals surface area contributed by atoms with Gasteiger partial charge in [0.2, 0.25) is 5.91 Å². The highest BCUT2D eigenvalue weighted by molar-refractivity contribution is 7.10. The summed E-state index contributed by atoms with van der Waals surface area (Å²) >= 11 is 1.50. The molecule has 4 heteroatoms. The number of nitrogens with one attached hydrogen (secondary N) is 1. The van der Waals surface area contributed by atoms with E-state index in [1.54, 1.807) is 0 Å². The van der Waals surface area contributed by atoms with Gasteiger partial charge >= 0.3 is 0 Å². The number of rotatable bonds is 6. The molecule has 1 atom stereocenters. The molecule has 0 bridgehead atoms. The molecule has 0 radical (unpaired) electrons. The second-order valence-electron chi connectivity index (χ2n) is 3.44. The molecule has 1 amide bonds. The summed E-state index contributed by atoms with van der Waals surface area (Å²) in [6, 6.07) is 3.76. The van der Waals surface area contributed by atoms with E-state index in [2.05, 4.69) is 5.32 Å². The molecule has 84 valence electrons. The third-order valence-electron chi connectivity index (χ3n) is 2.12. The topological polar surface area (TPSA) is 49.3 Å². The fourth-order valence-corrected chi connectivity index (χ4v) is 1.93. The average molecular weight is 227 g/mol. The quantitative estimate of drug-likeness (QED) is 0.781. The standard InChI is InChI=1S/C11H17NO2S/c1-2-3-6-11(14)12-8-9(13)10-5-4-7-15-10/h4-5,7,9,13H,2-3,6,8H2,1H3,(H,12,14). The van der Waals surface area contributed by atoms with Gasteiger partial charge in [-0.05, 0) is 17.9 Å². The average Bonchev–Trinajstić information content (AvgIpc) is 2.76. The van der Waals surface area contributed by atoms with E-state index < -0.39 is 6.10 Å². The van der Waals surface area contributed by atoms with Gasteiger partial charge in [0.1, 0.15) is 6.10 Å². The van der Waals surface area contributed by atoms with Gasteiger partial charge in [-0.1, -0.05) is 19.4 Å². The summed E-state index contributed by atoms with van der Waals surface area (Å²) < 4.78 is 0. The Hall–Kier alpha value is -0.870. The molecule has 0 aliphatic heterocycles. The number of carbonyl (C=O) groups excluding carboxylic acids is 1. The van der Waals surface area contributed by atoms with E-state index in [9.17, 15) is 9.90 Å². The largest absolute Gasteiger partial charge is 0.386 e. The van der Waals surface area contributed by atoms with Crippen molar-refractivity contribution >= 4 is 17.2 Å². The van der Waals surface area contributed by atoms with Crippen molar-refractivity contribution in [2.45, 2.75) is 32.3 Å². The number of hydrogen-bond donors (Lipinski definition) is 2. The zero-order valence-corrected chi connectivity index (χ0v) is 9.72. The molecular weight excluding hydrogens is 210 g/mol. The first-order chi connectivity index (χ1) is 7.24. The zero-order chi connectivity index (χ0) is 11.1. The Morgan fingerprint density at radius 1 is 1.67 bits per heavy atom. The predicted octanol–water partition coefficient (Wildman–Crippen LogP) is 2.09. The predicted molar refractivity (Wildman–Crippen MR) is 61.8 cm³/mol. The maximum absolute atomic E-state index is 11.3. The maximum atomic E-state index is 11.3. The van der Waals surface area contributed by atoms with Crippen molar-refractivity contribution in [1.29, 1.82) is 0 Å². The second-order valence-corrected chi connectivity index (χ2v) is 4.42.